The normalized spacial score (nSPS) is 16.2. The number of nitrogens with two attached hydrogens (primary N) is 1. The zero-order valence-electron chi connectivity index (χ0n) is 11.9. The van der Waals surface area contributed by atoms with E-state index in [1.165, 1.54) is 11.1 Å². The predicted molar refractivity (Wildman–Crippen MR) is 79.9 cm³/mol. The Morgan fingerprint density at radius 2 is 1.84 bits per heavy atom. The van der Waals surface area contributed by atoms with Gasteiger partial charge in [-0.3, -0.25) is 10.4 Å². The van der Waals surface area contributed by atoms with Crippen molar-refractivity contribution in [2.45, 2.75) is 26.7 Å². The molecule has 0 radical (unpaired) electrons. The molecule has 3 N–H and O–H groups in total. The number of nitrogens with one attached hydrogen (secondary N) is 1. The zero-order valence-corrected chi connectivity index (χ0v) is 11.9. The van der Waals surface area contributed by atoms with Gasteiger partial charge in [0.25, 0.3) is 0 Å². The van der Waals surface area contributed by atoms with Crippen molar-refractivity contribution in [3.05, 3.63) is 35.4 Å². The maximum absolute atomic E-state index is 5.62. The first-order chi connectivity index (χ1) is 9.20. The van der Waals surface area contributed by atoms with Crippen LogP contribution in [0.1, 0.15) is 25.0 Å². The molecule has 0 saturated carbocycles. The summed E-state index contributed by atoms with van der Waals surface area (Å²) in [5, 5.41) is 0. The Morgan fingerprint density at radius 3 is 2.32 bits per heavy atom. The summed E-state index contributed by atoms with van der Waals surface area (Å²) in [5.74, 6) is 6.99. The van der Waals surface area contributed by atoms with Gasteiger partial charge in [-0.05, 0) is 29.9 Å². The molecule has 1 aliphatic heterocycles. The van der Waals surface area contributed by atoms with Crippen molar-refractivity contribution >= 4 is 5.96 Å². The van der Waals surface area contributed by atoms with Crippen LogP contribution >= 0.6 is 0 Å². The lowest BCUT2D eigenvalue weighted by Gasteiger charge is -2.23. The van der Waals surface area contributed by atoms with Crippen LogP contribution in [0.5, 0.6) is 0 Å². The maximum Gasteiger partial charge on any atom is 0.208 e. The lowest BCUT2D eigenvalue weighted by molar-refractivity contribution is 0.419. The van der Waals surface area contributed by atoms with E-state index >= 15 is 0 Å². The highest BCUT2D eigenvalue weighted by Gasteiger charge is 2.16. The topological polar surface area (TPSA) is 53.6 Å². The van der Waals surface area contributed by atoms with E-state index in [9.17, 15) is 0 Å². The van der Waals surface area contributed by atoms with E-state index in [-0.39, 0.29) is 0 Å². The van der Waals surface area contributed by atoms with Crippen LogP contribution in [0.2, 0.25) is 0 Å². The largest absolute Gasteiger partial charge is 0.341 e. The van der Waals surface area contributed by atoms with Crippen LogP contribution in [0.4, 0.5) is 0 Å². The lowest BCUT2D eigenvalue weighted by atomic mass is 10.0. The Bertz CT molecular complexity index is 413. The number of nitrogens with zero attached hydrogens (tertiary/aromatic N) is 2. The van der Waals surface area contributed by atoms with Crippen molar-refractivity contribution in [2.24, 2.45) is 16.8 Å². The molecule has 0 aliphatic carbocycles. The van der Waals surface area contributed by atoms with Gasteiger partial charge in [-0.15, -0.1) is 0 Å². The summed E-state index contributed by atoms with van der Waals surface area (Å²) >= 11 is 0. The Labute approximate surface area is 115 Å². The van der Waals surface area contributed by atoms with Crippen LogP contribution in [0.25, 0.3) is 0 Å². The first-order valence-corrected chi connectivity index (χ1v) is 7.03. The monoisotopic (exact) mass is 260 g/mol. The van der Waals surface area contributed by atoms with Gasteiger partial charge >= 0.3 is 0 Å². The molecule has 104 valence electrons. The molecule has 0 spiro atoms. The Balaban J connectivity index is 2.05. The fourth-order valence-corrected chi connectivity index (χ4v) is 2.39. The number of guanidine groups is 1. The van der Waals surface area contributed by atoms with Crippen molar-refractivity contribution in [3.63, 3.8) is 0 Å². The summed E-state index contributed by atoms with van der Waals surface area (Å²) in [4.78, 5) is 6.83. The number of rotatable bonds is 2. The fraction of sp³-hybridized carbons (Fsp3) is 0.533. The van der Waals surface area contributed by atoms with E-state index in [1.807, 2.05) is 0 Å². The molecule has 19 heavy (non-hydrogen) atoms. The minimum Gasteiger partial charge on any atom is -0.341 e. The van der Waals surface area contributed by atoms with Crippen LogP contribution in [-0.4, -0.2) is 30.5 Å². The van der Waals surface area contributed by atoms with Crippen molar-refractivity contribution in [1.82, 2.24) is 10.3 Å². The van der Waals surface area contributed by atoms with Gasteiger partial charge in [0.2, 0.25) is 5.96 Å². The molecule has 1 aromatic rings. The van der Waals surface area contributed by atoms with E-state index in [0.717, 1.165) is 38.4 Å². The molecule has 1 aromatic carbocycles. The summed E-state index contributed by atoms with van der Waals surface area (Å²) in [6, 6.07) is 8.67. The first-order valence-electron chi connectivity index (χ1n) is 7.03. The highest BCUT2D eigenvalue weighted by atomic mass is 15.4. The standard InChI is InChI=1S/C15H24N4/c1-12(2)11-17-15(18-16)19-9-7-13-5-3-4-6-14(13)8-10-19/h3-6,12H,7-11,16H2,1-2H3,(H,17,18). The lowest BCUT2D eigenvalue weighted by Crippen LogP contribution is -2.46. The molecule has 0 saturated heterocycles. The molecule has 1 heterocycles. The molecule has 4 nitrogen and oxygen atoms in total. The van der Waals surface area contributed by atoms with Crippen molar-refractivity contribution in [1.29, 1.82) is 0 Å². The number of aliphatic imine (C=N–C) groups is 1. The van der Waals surface area contributed by atoms with Gasteiger partial charge < -0.3 is 4.90 Å². The molecule has 0 bridgehead atoms. The molecule has 0 aromatic heterocycles. The quantitative estimate of drug-likeness (QED) is 0.367. The minimum absolute atomic E-state index is 0.549. The predicted octanol–water partition coefficient (Wildman–Crippen LogP) is 1.56. The van der Waals surface area contributed by atoms with Crippen LogP contribution < -0.4 is 11.3 Å². The molecule has 0 fully saturated rings. The third kappa shape index (κ3) is 3.70. The molecule has 1 aliphatic rings. The summed E-state index contributed by atoms with van der Waals surface area (Å²) in [5.41, 5.74) is 5.66. The molecule has 0 atom stereocenters. The first kappa shape index (κ1) is 13.9. The maximum atomic E-state index is 5.62. The van der Waals surface area contributed by atoms with E-state index < -0.39 is 0 Å². The fourth-order valence-electron chi connectivity index (χ4n) is 2.39. The summed E-state index contributed by atoms with van der Waals surface area (Å²) in [6.45, 7) is 7.07. The smallest absolute Gasteiger partial charge is 0.208 e. The van der Waals surface area contributed by atoms with Crippen LogP contribution in [0, 0.1) is 5.92 Å². The second kappa shape index (κ2) is 6.57. The summed E-state index contributed by atoms with van der Waals surface area (Å²) in [7, 11) is 0. The van der Waals surface area contributed by atoms with Gasteiger partial charge in [0.1, 0.15) is 0 Å². The number of hydrogen-bond donors (Lipinski definition) is 2. The van der Waals surface area contributed by atoms with Gasteiger partial charge in [-0.25, -0.2) is 5.84 Å². The van der Waals surface area contributed by atoms with Crippen LogP contribution in [-0.2, 0) is 12.8 Å². The van der Waals surface area contributed by atoms with Crippen molar-refractivity contribution in [3.8, 4) is 0 Å². The Kier molecular flexibility index (Phi) is 4.80. The van der Waals surface area contributed by atoms with E-state index in [2.05, 4.69) is 53.4 Å². The number of hydrogen-bond acceptors (Lipinski definition) is 2. The summed E-state index contributed by atoms with van der Waals surface area (Å²) in [6.07, 6.45) is 2.11. The molecular weight excluding hydrogens is 236 g/mol. The highest BCUT2D eigenvalue weighted by molar-refractivity contribution is 5.79. The van der Waals surface area contributed by atoms with E-state index in [1.54, 1.807) is 0 Å². The second-order valence-electron chi connectivity index (χ2n) is 5.46. The molecule has 2 rings (SSSR count). The second-order valence-corrected chi connectivity index (χ2v) is 5.46. The summed E-state index contributed by atoms with van der Waals surface area (Å²) < 4.78 is 0. The van der Waals surface area contributed by atoms with Gasteiger partial charge in [0.15, 0.2) is 0 Å². The van der Waals surface area contributed by atoms with Gasteiger partial charge in [-0.1, -0.05) is 38.1 Å². The number of hydrazine groups is 1. The molecule has 0 amide bonds. The number of benzene rings is 1. The zero-order chi connectivity index (χ0) is 13.7. The minimum atomic E-state index is 0.549. The van der Waals surface area contributed by atoms with Gasteiger partial charge in [-0.2, -0.15) is 0 Å². The Hall–Kier alpha value is -1.55. The van der Waals surface area contributed by atoms with Crippen molar-refractivity contribution < 1.29 is 0 Å². The molecule has 0 unspecified atom stereocenters. The SMILES string of the molecule is CC(C)CN=C(NN)N1CCc2ccccc2CC1. The van der Waals surface area contributed by atoms with Crippen LogP contribution in [0.3, 0.4) is 0 Å². The van der Waals surface area contributed by atoms with Crippen molar-refractivity contribution in [2.75, 3.05) is 19.6 Å². The molecule has 4 heteroatoms. The van der Waals surface area contributed by atoms with Gasteiger partial charge in [0, 0.05) is 19.6 Å². The number of fused-ring (bicyclic) bond motifs is 1. The highest BCUT2D eigenvalue weighted by Crippen LogP contribution is 2.15. The average Bonchev–Trinajstić information content (AvgIpc) is 2.62. The van der Waals surface area contributed by atoms with Crippen LogP contribution in [0.15, 0.2) is 29.3 Å². The van der Waals surface area contributed by atoms with Gasteiger partial charge in [0.05, 0.1) is 0 Å². The molecular formula is C15H24N4. The van der Waals surface area contributed by atoms with E-state index in [4.69, 9.17) is 5.84 Å². The third-order valence-electron chi connectivity index (χ3n) is 3.46. The van der Waals surface area contributed by atoms with E-state index in [0.29, 0.717) is 5.92 Å². The Morgan fingerprint density at radius 1 is 1.26 bits per heavy atom. The average molecular weight is 260 g/mol. The third-order valence-corrected chi connectivity index (χ3v) is 3.46.